The first-order valence-corrected chi connectivity index (χ1v) is 8.43. The van der Waals surface area contributed by atoms with E-state index in [1.165, 1.54) is 6.20 Å². The van der Waals surface area contributed by atoms with Gasteiger partial charge < -0.3 is 4.74 Å². The van der Waals surface area contributed by atoms with Crippen molar-refractivity contribution < 1.29 is 18.3 Å². The third kappa shape index (κ3) is 3.28. The molecule has 0 radical (unpaired) electrons. The quantitative estimate of drug-likeness (QED) is 0.652. The number of hydrogen-bond donors (Lipinski definition) is 0. The van der Waals surface area contributed by atoms with Gasteiger partial charge in [-0.15, -0.1) is 0 Å². The maximum atomic E-state index is 13.9. The van der Waals surface area contributed by atoms with Crippen molar-refractivity contribution in [2.24, 2.45) is 0 Å². The fourth-order valence-corrected chi connectivity index (χ4v) is 3.09. The molecule has 1 aromatic carbocycles. The molecular formula is C20H21F2NO2. The molecule has 5 heteroatoms. The normalized spacial score (nSPS) is 15.7. The molecule has 0 aliphatic heterocycles. The number of alkyl halides is 2. The lowest BCUT2D eigenvalue weighted by Crippen LogP contribution is -2.30. The van der Waals surface area contributed by atoms with E-state index in [0.717, 1.165) is 12.5 Å². The number of aromatic nitrogens is 1. The molecule has 2 aromatic rings. The number of benzene rings is 1. The Morgan fingerprint density at radius 3 is 2.48 bits per heavy atom. The van der Waals surface area contributed by atoms with Gasteiger partial charge in [0.15, 0.2) is 5.78 Å². The fraction of sp³-hybridized carbons (Fsp3) is 0.400. The van der Waals surface area contributed by atoms with Crippen molar-refractivity contribution in [3.63, 3.8) is 0 Å². The highest BCUT2D eigenvalue weighted by Gasteiger charge is 2.60. The minimum Gasteiger partial charge on any atom is -0.439 e. The first-order chi connectivity index (χ1) is 11.8. The molecule has 0 unspecified atom stereocenters. The van der Waals surface area contributed by atoms with Crippen LogP contribution >= 0.6 is 0 Å². The van der Waals surface area contributed by atoms with Gasteiger partial charge in [-0.05, 0) is 43.0 Å². The Hall–Kier alpha value is -2.30. The Kier molecular flexibility index (Phi) is 4.35. The molecule has 0 N–H and O–H groups in total. The molecule has 1 fully saturated rings. The molecule has 1 aliphatic rings. The lowest BCUT2D eigenvalue weighted by molar-refractivity contribution is -0.0200. The molecule has 0 saturated heterocycles. The molecule has 1 saturated carbocycles. The van der Waals surface area contributed by atoms with E-state index in [4.69, 9.17) is 4.74 Å². The third-order valence-corrected chi connectivity index (χ3v) is 4.91. The van der Waals surface area contributed by atoms with Crippen LogP contribution in [0.15, 0.2) is 36.5 Å². The monoisotopic (exact) mass is 345 g/mol. The number of pyridine rings is 1. The van der Waals surface area contributed by atoms with Crippen molar-refractivity contribution in [2.45, 2.75) is 51.4 Å². The van der Waals surface area contributed by atoms with Crippen molar-refractivity contribution in [2.75, 3.05) is 0 Å². The molecule has 0 bridgehead atoms. The van der Waals surface area contributed by atoms with Crippen LogP contribution in [0.3, 0.4) is 0 Å². The average molecular weight is 345 g/mol. The molecular weight excluding hydrogens is 324 g/mol. The molecule has 0 atom stereocenters. The second-order valence-electron chi connectivity index (χ2n) is 6.71. The van der Waals surface area contributed by atoms with Gasteiger partial charge in [-0.1, -0.05) is 19.1 Å². The first kappa shape index (κ1) is 17.5. The van der Waals surface area contributed by atoms with Crippen molar-refractivity contribution >= 4 is 5.78 Å². The average Bonchev–Trinajstić information content (AvgIpc) is 3.38. The van der Waals surface area contributed by atoms with E-state index < -0.39 is 11.3 Å². The summed E-state index contributed by atoms with van der Waals surface area (Å²) in [6, 6.07) is 8.51. The van der Waals surface area contributed by atoms with Crippen molar-refractivity contribution in [1.82, 2.24) is 4.98 Å². The summed E-state index contributed by atoms with van der Waals surface area (Å²) < 4.78 is 33.5. The summed E-state index contributed by atoms with van der Waals surface area (Å²) in [6.07, 6.45) is 2.92. The SMILES string of the molecule is CCC(=O)c1ccc(Oc2ccc(C3(C(C)(F)F)CC3)cc2C)nc1. The summed E-state index contributed by atoms with van der Waals surface area (Å²) in [5, 5.41) is 0. The van der Waals surface area contributed by atoms with E-state index >= 15 is 0 Å². The number of nitrogens with zero attached hydrogens (tertiary/aromatic N) is 1. The van der Waals surface area contributed by atoms with Crippen LogP contribution in [0.5, 0.6) is 11.6 Å². The van der Waals surface area contributed by atoms with Gasteiger partial charge in [-0.2, -0.15) is 0 Å². The van der Waals surface area contributed by atoms with E-state index in [-0.39, 0.29) is 5.78 Å². The van der Waals surface area contributed by atoms with Crippen molar-refractivity contribution in [1.29, 1.82) is 0 Å². The molecule has 0 spiro atoms. The zero-order valence-electron chi connectivity index (χ0n) is 14.6. The predicted octanol–water partition coefficient (Wildman–Crippen LogP) is 5.46. The maximum absolute atomic E-state index is 13.9. The van der Waals surface area contributed by atoms with Crippen molar-refractivity contribution in [3.05, 3.63) is 53.2 Å². The standard InChI is InChI=1S/C20H21F2NO2/c1-4-16(24)14-5-8-18(23-12-14)25-17-7-6-15(11-13(17)2)20(9-10-20)19(3,21)22/h5-8,11-12H,4,9-10H2,1-3H3. The van der Waals surface area contributed by atoms with Gasteiger partial charge in [0.1, 0.15) is 5.75 Å². The Balaban J connectivity index is 1.79. The zero-order chi connectivity index (χ0) is 18.2. The summed E-state index contributed by atoms with van der Waals surface area (Å²) in [5.74, 6) is -1.77. The van der Waals surface area contributed by atoms with E-state index in [2.05, 4.69) is 4.98 Å². The largest absolute Gasteiger partial charge is 0.439 e. The number of Topliss-reactive ketones (excluding diaryl/α,β-unsaturated/α-hetero) is 1. The third-order valence-electron chi connectivity index (χ3n) is 4.91. The summed E-state index contributed by atoms with van der Waals surface area (Å²) in [6.45, 7) is 4.62. The molecule has 0 amide bonds. The summed E-state index contributed by atoms with van der Waals surface area (Å²) in [7, 11) is 0. The Morgan fingerprint density at radius 1 is 1.28 bits per heavy atom. The lowest BCUT2D eigenvalue weighted by atomic mass is 9.89. The lowest BCUT2D eigenvalue weighted by Gasteiger charge is -2.24. The summed E-state index contributed by atoms with van der Waals surface area (Å²) in [5.41, 5.74) is 0.949. The number of carbonyl (C=O) groups excluding carboxylic acids is 1. The molecule has 1 aliphatic carbocycles. The van der Waals surface area contributed by atoms with E-state index in [9.17, 15) is 13.6 Å². The molecule has 1 heterocycles. The minimum atomic E-state index is -2.73. The highest BCUT2D eigenvalue weighted by Crippen LogP contribution is 2.58. The van der Waals surface area contributed by atoms with Crippen molar-refractivity contribution in [3.8, 4) is 11.6 Å². The van der Waals surface area contributed by atoms with Crippen LogP contribution in [0.25, 0.3) is 0 Å². The number of ether oxygens (including phenoxy) is 1. The van der Waals surface area contributed by atoms with Crippen LogP contribution in [-0.2, 0) is 5.41 Å². The van der Waals surface area contributed by atoms with Gasteiger partial charge in [-0.3, -0.25) is 4.79 Å². The number of aryl methyl sites for hydroxylation is 1. The first-order valence-electron chi connectivity index (χ1n) is 8.43. The number of ketones is 1. The number of halogens is 2. The van der Waals surface area contributed by atoms with Crippen LogP contribution in [0.4, 0.5) is 8.78 Å². The molecule has 25 heavy (non-hydrogen) atoms. The smallest absolute Gasteiger partial charge is 0.254 e. The predicted molar refractivity (Wildman–Crippen MR) is 91.6 cm³/mol. The van der Waals surface area contributed by atoms with Gasteiger partial charge in [0.25, 0.3) is 5.92 Å². The van der Waals surface area contributed by atoms with Crippen LogP contribution in [0.2, 0.25) is 0 Å². The van der Waals surface area contributed by atoms with Crippen LogP contribution in [-0.4, -0.2) is 16.7 Å². The van der Waals surface area contributed by atoms with E-state index in [1.807, 2.05) is 6.92 Å². The second kappa shape index (κ2) is 6.21. The molecule has 3 rings (SSSR count). The highest BCUT2D eigenvalue weighted by molar-refractivity contribution is 5.95. The minimum absolute atomic E-state index is 0.0230. The summed E-state index contributed by atoms with van der Waals surface area (Å²) in [4.78, 5) is 15.8. The Morgan fingerprint density at radius 2 is 2.00 bits per heavy atom. The summed E-state index contributed by atoms with van der Waals surface area (Å²) >= 11 is 0. The number of carbonyl (C=O) groups is 1. The molecule has 132 valence electrons. The van der Waals surface area contributed by atoms with Gasteiger partial charge in [0.2, 0.25) is 5.88 Å². The second-order valence-corrected chi connectivity index (χ2v) is 6.71. The Labute approximate surface area is 146 Å². The number of rotatable bonds is 6. The fourth-order valence-electron chi connectivity index (χ4n) is 3.09. The van der Waals surface area contributed by atoms with Crippen LogP contribution in [0.1, 0.15) is 54.6 Å². The van der Waals surface area contributed by atoms with E-state index in [1.54, 1.807) is 37.3 Å². The van der Waals surface area contributed by atoms with E-state index in [0.29, 0.717) is 42.0 Å². The van der Waals surface area contributed by atoms with Gasteiger partial charge in [0, 0.05) is 31.2 Å². The van der Waals surface area contributed by atoms with Crippen LogP contribution < -0.4 is 4.74 Å². The van der Waals surface area contributed by atoms with Gasteiger partial charge in [0.05, 0.1) is 5.41 Å². The molecule has 1 aromatic heterocycles. The van der Waals surface area contributed by atoms with Gasteiger partial charge >= 0.3 is 0 Å². The topological polar surface area (TPSA) is 39.2 Å². The van der Waals surface area contributed by atoms with Gasteiger partial charge in [-0.25, -0.2) is 13.8 Å². The molecule has 3 nitrogen and oxygen atoms in total. The van der Waals surface area contributed by atoms with Crippen LogP contribution in [0, 0.1) is 6.92 Å². The Bertz CT molecular complexity index is 790. The highest BCUT2D eigenvalue weighted by atomic mass is 19.3. The number of hydrogen-bond acceptors (Lipinski definition) is 3. The zero-order valence-corrected chi connectivity index (χ0v) is 14.6. The maximum Gasteiger partial charge on any atom is 0.254 e.